The Morgan fingerprint density at radius 2 is 2.06 bits per heavy atom. The first-order chi connectivity index (χ1) is 8.84. The van der Waals surface area contributed by atoms with Crippen LogP contribution in [0, 0.1) is 5.92 Å². The summed E-state index contributed by atoms with van der Waals surface area (Å²) < 4.78 is 5.41. The van der Waals surface area contributed by atoms with E-state index in [2.05, 4.69) is 29.3 Å². The molecular weight excluding hydrogens is 226 g/mol. The molecule has 2 aliphatic rings. The molecule has 2 aliphatic heterocycles. The third-order valence-electron chi connectivity index (χ3n) is 3.51. The van der Waals surface area contributed by atoms with Crippen molar-refractivity contribution in [1.29, 1.82) is 0 Å². The van der Waals surface area contributed by atoms with Crippen molar-refractivity contribution >= 4 is 17.2 Å². The van der Waals surface area contributed by atoms with E-state index in [9.17, 15) is 0 Å². The lowest BCUT2D eigenvalue weighted by atomic mass is 10.1. The van der Waals surface area contributed by atoms with Gasteiger partial charge in [-0.25, -0.2) is 4.99 Å². The average molecular weight is 245 g/mol. The number of fused-ring (bicyclic) bond motifs is 1. The maximum absolute atomic E-state index is 5.41. The summed E-state index contributed by atoms with van der Waals surface area (Å²) in [5, 5.41) is 3.47. The van der Waals surface area contributed by atoms with Crippen LogP contribution in [0.25, 0.3) is 0 Å². The van der Waals surface area contributed by atoms with Crippen LogP contribution >= 0.6 is 0 Å². The van der Waals surface area contributed by atoms with Gasteiger partial charge in [0.15, 0.2) is 0 Å². The van der Waals surface area contributed by atoms with Gasteiger partial charge in [0.1, 0.15) is 5.84 Å². The number of benzene rings is 1. The Balaban J connectivity index is 1.93. The zero-order valence-electron chi connectivity index (χ0n) is 10.7. The van der Waals surface area contributed by atoms with Crippen molar-refractivity contribution < 1.29 is 4.74 Å². The van der Waals surface area contributed by atoms with Crippen molar-refractivity contribution in [2.75, 3.05) is 38.2 Å². The Morgan fingerprint density at radius 3 is 2.89 bits per heavy atom. The van der Waals surface area contributed by atoms with E-state index in [1.54, 1.807) is 0 Å². The molecule has 0 amide bonds. The minimum Gasteiger partial charge on any atom is -0.383 e. The maximum atomic E-state index is 5.41. The maximum Gasteiger partial charge on any atom is 0.110 e. The van der Waals surface area contributed by atoms with Gasteiger partial charge in [-0.05, 0) is 12.1 Å². The van der Waals surface area contributed by atoms with Gasteiger partial charge >= 0.3 is 0 Å². The fourth-order valence-corrected chi connectivity index (χ4v) is 2.48. The highest BCUT2D eigenvalue weighted by atomic mass is 16.5. The largest absolute Gasteiger partial charge is 0.383 e. The summed E-state index contributed by atoms with van der Waals surface area (Å²) in [6.07, 6.45) is 0. The van der Waals surface area contributed by atoms with Crippen molar-refractivity contribution in [3.8, 4) is 0 Å². The van der Waals surface area contributed by atoms with E-state index in [4.69, 9.17) is 9.73 Å². The zero-order valence-corrected chi connectivity index (χ0v) is 10.7. The second-order valence-corrected chi connectivity index (χ2v) is 4.87. The van der Waals surface area contributed by atoms with Gasteiger partial charge in [0.25, 0.3) is 0 Å². The van der Waals surface area contributed by atoms with E-state index < -0.39 is 0 Å². The first kappa shape index (κ1) is 11.5. The van der Waals surface area contributed by atoms with E-state index in [0.717, 1.165) is 44.2 Å². The Kier molecular flexibility index (Phi) is 3.19. The van der Waals surface area contributed by atoms with Gasteiger partial charge in [0.05, 0.1) is 24.6 Å². The summed E-state index contributed by atoms with van der Waals surface area (Å²) >= 11 is 0. The van der Waals surface area contributed by atoms with Crippen LogP contribution < -0.4 is 5.32 Å². The SMILES string of the molecule is C[C@H]1CNc2ccccc2N=C1N1CCOCC1. The highest BCUT2D eigenvalue weighted by Gasteiger charge is 2.23. The average Bonchev–Trinajstić information content (AvgIpc) is 2.60. The van der Waals surface area contributed by atoms with Crippen molar-refractivity contribution in [2.45, 2.75) is 6.92 Å². The molecule has 1 atom stereocenters. The van der Waals surface area contributed by atoms with Crippen molar-refractivity contribution in [1.82, 2.24) is 4.90 Å². The molecule has 4 nitrogen and oxygen atoms in total. The molecule has 96 valence electrons. The molecule has 1 N–H and O–H groups in total. The smallest absolute Gasteiger partial charge is 0.110 e. The molecule has 1 fully saturated rings. The van der Waals surface area contributed by atoms with Gasteiger partial charge in [0.2, 0.25) is 0 Å². The lowest BCUT2D eigenvalue weighted by Crippen LogP contribution is -2.44. The summed E-state index contributed by atoms with van der Waals surface area (Å²) in [7, 11) is 0. The molecule has 0 bridgehead atoms. The molecule has 1 aromatic carbocycles. The monoisotopic (exact) mass is 245 g/mol. The molecule has 18 heavy (non-hydrogen) atoms. The van der Waals surface area contributed by atoms with E-state index in [1.165, 1.54) is 5.84 Å². The van der Waals surface area contributed by atoms with Gasteiger partial charge in [-0.15, -0.1) is 0 Å². The molecule has 1 saturated heterocycles. The summed E-state index contributed by atoms with van der Waals surface area (Å²) in [6.45, 7) is 6.68. The minimum atomic E-state index is 0.426. The van der Waals surface area contributed by atoms with Gasteiger partial charge in [-0.3, -0.25) is 0 Å². The Morgan fingerprint density at radius 1 is 1.28 bits per heavy atom. The molecular formula is C14H19N3O. The van der Waals surface area contributed by atoms with E-state index in [-0.39, 0.29) is 0 Å². The second-order valence-electron chi connectivity index (χ2n) is 4.87. The highest BCUT2D eigenvalue weighted by molar-refractivity contribution is 5.90. The molecule has 0 spiro atoms. The van der Waals surface area contributed by atoms with Gasteiger partial charge in [0, 0.05) is 25.6 Å². The van der Waals surface area contributed by atoms with Gasteiger partial charge < -0.3 is 15.0 Å². The molecule has 0 aliphatic carbocycles. The van der Waals surface area contributed by atoms with Crippen LogP contribution in [-0.4, -0.2) is 43.6 Å². The van der Waals surface area contributed by atoms with Gasteiger partial charge in [-0.1, -0.05) is 19.1 Å². The Bertz CT molecular complexity index is 452. The Labute approximate surface area is 108 Å². The number of morpholine rings is 1. The number of para-hydroxylation sites is 2. The predicted octanol–water partition coefficient (Wildman–Crippen LogP) is 2.11. The van der Waals surface area contributed by atoms with E-state index in [1.807, 2.05) is 12.1 Å². The first-order valence-electron chi connectivity index (χ1n) is 6.59. The fraction of sp³-hybridized carbons (Fsp3) is 0.500. The molecule has 1 aromatic rings. The lowest BCUT2D eigenvalue weighted by Gasteiger charge is -2.32. The van der Waals surface area contributed by atoms with Crippen LogP contribution in [0.2, 0.25) is 0 Å². The van der Waals surface area contributed by atoms with Crippen LogP contribution in [-0.2, 0) is 4.74 Å². The highest BCUT2D eigenvalue weighted by Crippen LogP contribution is 2.28. The minimum absolute atomic E-state index is 0.426. The third kappa shape index (κ3) is 2.20. The summed E-state index contributed by atoms with van der Waals surface area (Å²) in [5.41, 5.74) is 2.18. The number of hydrogen-bond acceptors (Lipinski definition) is 4. The molecule has 0 unspecified atom stereocenters. The molecule has 0 radical (unpaired) electrons. The number of anilines is 1. The van der Waals surface area contributed by atoms with Crippen LogP contribution in [0.4, 0.5) is 11.4 Å². The molecule has 0 saturated carbocycles. The number of aliphatic imine (C=N–C) groups is 1. The van der Waals surface area contributed by atoms with E-state index >= 15 is 0 Å². The number of ether oxygens (including phenoxy) is 1. The van der Waals surface area contributed by atoms with Crippen molar-refractivity contribution in [3.05, 3.63) is 24.3 Å². The van der Waals surface area contributed by atoms with Crippen LogP contribution in [0.1, 0.15) is 6.92 Å². The lowest BCUT2D eigenvalue weighted by molar-refractivity contribution is 0.0663. The predicted molar refractivity (Wildman–Crippen MR) is 73.6 cm³/mol. The number of nitrogens with one attached hydrogen (secondary N) is 1. The van der Waals surface area contributed by atoms with Crippen molar-refractivity contribution in [3.63, 3.8) is 0 Å². The standard InChI is InChI=1S/C14H19N3O/c1-11-10-15-12-4-2-3-5-13(12)16-14(11)17-6-8-18-9-7-17/h2-5,11,15H,6-10H2,1H3/t11-/m0/s1. The second kappa shape index (κ2) is 4.98. The van der Waals surface area contributed by atoms with Crippen LogP contribution in [0.3, 0.4) is 0 Å². The fourth-order valence-electron chi connectivity index (χ4n) is 2.48. The Hall–Kier alpha value is -1.55. The number of rotatable bonds is 0. The molecule has 3 rings (SSSR count). The van der Waals surface area contributed by atoms with Gasteiger partial charge in [-0.2, -0.15) is 0 Å². The third-order valence-corrected chi connectivity index (χ3v) is 3.51. The normalized spacial score (nSPS) is 23.7. The summed E-state index contributed by atoms with van der Waals surface area (Å²) in [5.74, 6) is 1.62. The summed E-state index contributed by atoms with van der Waals surface area (Å²) in [6, 6.07) is 8.25. The molecule has 0 aromatic heterocycles. The van der Waals surface area contributed by atoms with E-state index in [0.29, 0.717) is 5.92 Å². The number of amidine groups is 1. The van der Waals surface area contributed by atoms with Crippen LogP contribution in [0.5, 0.6) is 0 Å². The molecule has 4 heteroatoms. The quantitative estimate of drug-likeness (QED) is 0.760. The number of hydrogen-bond donors (Lipinski definition) is 1. The van der Waals surface area contributed by atoms with Crippen molar-refractivity contribution in [2.24, 2.45) is 10.9 Å². The summed E-state index contributed by atoms with van der Waals surface area (Å²) in [4.78, 5) is 7.23. The zero-order chi connectivity index (χ0) is 12.4. The number of nitrogens with zero attached hydrogens (tertiary/aromatic N) is 2. The first-order valence-corrected chi connectivity index (χ1v) is 6.59. The van der Waals surface area contributed by atoms with Crippen LogP contribution in [0.15, 0.2) is 29.3 Å². The topological polar surface area (TPSA) is 36.9 Å². The molecule has 2 heterocycles.